The molecule has 1 unspecified atom stereocenters. The Bertz CT molecular complexity index is 126. The summed E-state index contributed by atoms with van der Waals surface area (Å²) in [5, 5.41) is 3.22. The smallest absolute Gasteiger partial charge is 0.0257 e. The molecule has 0 saturated carbocycles. The van der Waals surface area contributed by atoms with E-state index in [1.807, 2.05) is 0 Å². The minimum atomic E-state index is -0.594. The molecule has 0 aliphatic carbocycles. The van der Waals surface area contributed by atoms with Crippen molar-refractivity contribution in [3.05, 3.63) is 0 Å². The van der Waals surface area contributed by atoms with Crippen LogP contribution >= 0.6 is 0 Å². The van der Waals surface area contributed by atoms with E-state index >= 15 is 0 Å². The van der Waals surface area contributed by atoms with E-state index in [-0.39, 0.29) is 0 Å². The van der Waals surface area contributed by atoms with Gasteiger partial charge in [-0.2, -0.15) is 0 Å². The largest absolute Gasteiger partial charge is 0.317 e. The second-order valence-corrected chi connectivity index (χ2v) is 5.03. The van der Waals surface area contributed by atoms with Crippen LogP contribution in [0.25, 0.3) is 0 Å². The zero-order valence-corrected chi connectivity index (χ0v) is 9.25. The molecule has 0 spiro atoms. The molecule has 0 bridgehead atoms. The quantitative estimate of drug-likeness (QED) is 0.616. The molecule has 74 valence electrons. The molecule has 0 heterocycles. The molecule has 0 aromatic carbocycles. The van der Waals surface area contributed by atoms with Gasteiger partial charge in [-0.05, 0) is 25.4 Å². The van der Waals surface area contributed by atoms with Crippen LogP contribution in [-0.4, -0.2) is 28.8 Å². The molecule has 0 rings (SSSR count). The normalized spacial score (nSPS) is 13.7. The van der Waals surface area contributed by atoms with E-state index in [1.54, 1.807) is 0 Å². The zero-order valence-electron chi connectivity index (χ0n) is 8.43. The van der Waals surface area contributed by atoms with Crippen molar-refractivity contribution < 1.29 is 4.21 Å². The van der Waals surface area contributed by atoms with Gasteiger partial charge in [-0.25, -0.2) is 0 Å². The summed E-state index contributed by atoms with van der Waals surface area (Å²) in [6.45, 7) is 8.33. The molecule has 0 amide bonds. The summed E-state index contributed by atoms with van der Waals surface area (Å²) in [4.78, 5) is 0. The number of hydrogen-bond acceptors (Lipinski definition) is 2. The fourth-order valence-corrected chi connectivity index (χ4v) is 2.37. The number of hydrogen-bond donors (Lipinski definition) is 1. The maximum Gasteiger partial charge on any atom is 0.0257 e. The Morgan fingerprint density at radius 2 is 2.08 bits per heavy atom. The molecule has 2 nitrogen and oxygen atoms in total. The highest BCUT2D eigenvalue weighted by Gasteiger charge is 2.01. The van der Waals surface area contributed by atoms with Crippen LogP contribution in [0.1, 0.15) is 27.2 Å². The van der Waals surface area contributed by atoms with E-state index < -0.39 is 10.8 Å². The van der Waals surface area contributed by atoms with Crippen molar-refractivity contribution in [2.75, 3.05) is 24.6 Å². The lowest BCUT2D eigenvalue weighted by Gasteiger charge is -2.04. The Hall–Kier alpha value is 0.110. The Balaban J connectivity index is 3.20. The average molecular weight is 191 g/mol. The predicted molar refractivity (Wildman–Crippen MR) is 55.9 cm³/mol. The second kappa shape index (κ2) is 7.74. The van der Waals surface area contributed by atoms with Crippen molar-refractivity contribution in [2.45, 2.75) is 27.2 Å². The summed E-state index contributed by atoms with van der Waals surface area (Å²) in [5.41, 5.74) is 0. The second-order valence-electron chi connectivity index (χ2n) is 3.41. The number of rotatable bonds is 7. The first-order chi connectivity index (χ1) is 5.66. The van der Waals surface area contributed by atoms with Crippen LogP contribution in [0.5, 0.6) is 0 Å². The van der Waals surface area contributed by atoms with Gasteiger partial charge in [0.05, 0.1) is 0 Å². The molecule has 3 heteroatoms. The highest BCUT2D eigenvalue weighted by Crippen LogP contribution is 1.97. The van der Waals surface area contributed by atoms with Gasteiger partial charge >= 0.3 is 0 Å². The fourth-order valence-electron chi connectivity index (χ4n) is 0.990. The minimum absolute atomic E-state index is 0.560. The van der Waals surface area contributed by atoms with Gasteiger partial charge in [-0.3, -0.25) is 4.21 Å². The van der Waals surface area contributed by atoms with E-state index in [4.69, 9.17) is 0 Å². The first-order valence-corrected chi connectivity index (χ1v) is 6.21. The van der Waals surface area contributed by atoms with Gasteiger partial charge in [0.25, 0.3) is 0 Å². The van der Waals surface area contributed by atoms with Crippen molar-refractivity contribution in [1.29, 1.82) is 0 Å². The summed E-state index contributed by atoms with van der Waals surface area (Å²) in [6, 6.07) is 0. The van der Waals surface area contributed by atoms with E-state index in [0.29, 0.717) is 5.92 Å². The molecular formula is C9H21NOS. The summed E-state index contributed by atoms with van der Waals surface area (Å²) in [5.74, 6) is 2.27. The monoisotopic (exact) mass is 191 g/mol. The SMILES string of the molecule is CCNCCCS(=O)CC(C)C. The van der Waals surface area contributed by atoms with Crippen molar-refractivity contribution in [1.82, 2.24) is 5.32 Å². The van der Waals surface area contributed by atoms with Crippen LogP contribution in [-0.2, 0) is 10.8 Å². The molecule has 0 aliphatic rings. The third kappa shape index (κ3) is 8.21. The summed E-state index contributed by atoms with van der Waals surface area (Å²) < 4.78 is 11.3. The average Bonchev–Trinajstić information content (AvgIpc) is 1.97. The van der Waals surface area contributed by atoms with Crippen LogP contribution in [0, 0.1) is 5.92 Å². The van der Waals surface area contributed by atoms with Crippen LogP contribution in [0.15, 0.2) is 0 Å². The highest BCUT2D eigenvalue weighted by atomic mass is 32.2. The summed E-state index contributed by atoms with van der Waals surface area (Å²) in [7, 11) is -0.594. The van der Waals surface area contributed by atoms with Gasteiger partial charge in [0.15, 0.2) is 0 Å². The maximum absolute atomic E-state index is 11.3. The topological polar surface area (TPSA) is 29.1 Å². The van der Waals surface area contributed by atoms with E-state index in [1.165, 1.54) is 0 Å². The van der Waals surface area contributed by atoms with E-state index in [0.717, 1.165) is 31.0 Å². The Kier molecular flexibility index (Phi) is 7.81. The van der Waals surface area contributed by atoms with Crippen molar-refractivity contribution in [3.63, 3.8) is 0 Å². The molecule has 0 radical (unpaired) electrons. The number of nitrogens with one attached hydrogen (secondary N) is 1. The molecule has 12 heavy (non-hydrogen) atoms. The molecule has 1 N–H and O–H groups in total. The molecule has 0 saturated heterocycles. The Labute approximate surface area is 78.6 Å². The molecule has 0 aromatic heterocycles. The Morgan fingerprint density at radius 3 is 2.58 bits per heavy atom. The fraction of sp³-hybridized carbons (Fsp3) is 1.00. The molecule has 0 aromatic rings. The van der Waals surface area contributed by atoms with E-state index in [9.17, 15) is 4.21 Å². The lowest BCUT2D eigenvalue weighted by molar-refractivity contribution is 0.655. The maximum atomic E-state index is 11.3. The zero-order chi connectivity index (χ0) is 9.40. The lowest BCUT2D eigenvalue weighted by Crippen LogP contribution is -2.17. The minimum Gasteiger partial charge on any atom is -0.317 e. The lowest BCUT2D eigenvalue weighted by atomic mass is 10.3. The molecule has 1 atom stereocenters. The van der Waals surface area contributed by atoms with Gasteiger partial charge in [-0.1, -0.05) is 20.8 Å². The molecular weight excluding hydrogens is 170 g/mol. The van der Waals surface area contributed by atoms with Gasteiger partial charge in [0.1, 0.15) is 0 Å². The van der Waals surface area contributed by atoms with Crippen LogP contribution in [0.2, 0.25) is 0 Å². The van der Waals surface area contributed by atoms with Gasteiger partial charge < -0.3 is 5.32 Å². The van der Waals surface area contributed by atoms with Crippen LogP contribution in [0.3, 0.4) is 0 Å². The predicted octanol–water partition coefficient (Wildman–Crippen LogP) is 1.39. The third-order valence-electron chi connectivity index (χ3n) is 1.49. The van der Waals surface area contributed by atoms with E-state index in [2.05, 4.69) is 26.1 Å². The first-order valence-electron chi connectivity index (χ1n) is 4.72. The van der Waals surface area contributed by atoms with Crippen LogP contribution < -0.4 is 5.32 Å². The third-order valence-corrected chi connectivity index (χ3v) is 3.28. The van der Waals surface area contributed by atoms with Crippen molar-refractivity contribution in [3.8, 4) is 0 Å². The first kappa shape index (κ1) is 12.1. The Morgan fingerprint density at radius 1 is 1.42 bits per heavy atom. The summed E-state index contributed by atoms with van der Waals surface area (Å²) in [6.07, 6.45) is 1.03. The van der Waals surface area contributed by atoms with Gasteiger partial charge in [0, 0.05) is 22.3 Å². The highest BCUT2D eigenvalue weighted by molar-refractivity contribution is 7.84. The van der Waals surface area contributed by atoms with Crippen molar-refractivity contribution in [2.24, 2.45) is 5.92 Å². The van der Waals surface area contributed by atoms with Gasteiger partial charge in [0.2, 0.25) is 0 Å². The van der Waals surface area contributed by atoms with Crippen molar-refractivity contribution >= 4 is 10.8 Å². The van der Waals surface area contributed by atoms with Crippen LogP contribution in [0.4, 0.5) is 0 Å². The molecule has 0 aliphatic heterocycles. The summed E-state index contributed by atoms with van der Waals surface area (Å²) >= 11 is 0. The standard InChI is InChI=1S/C9H21NOS/c1-4-10-6-5-7-12(11)8-9(2)3/h9-10H,4-8H2,1-3H3. The molecule has 0 fully saturated rings. The van der Waals surface area contributed by atoms with Gasteiger partial charge in [-0.15, -0.1) is 0 Å².